The van der Waals surface area contributed by atoms with Gasteiger partial charge in [0.25, 0.3) is 5.91 Å². The maximum Gasteiger partial charge on any atom is 0.258 e. The van der Waals surface area contributed by atoms with E-state index in [2.05, 4.69) is 15.3 Å². The lowest BCUT2D eigenvalue weighted by molar-refractivity contribution is 0.102. The zero-order valence-electron chi connectivity index (χ0n) is 10.1. The number of carbonyl (C=O) groups is 1. The van der Waals surface area contributed by atoms with Crippen LogP contribution in [0.25, 0.3) is 0 Å². The van der Waals surface area contributed by atoms with Gasteiger partial charge in [0, 0.05) is 5.69 Å². The molecule has 0 spiro atoms. The number of hydrogen-bond donors (Lipinski definition) is 1. The van der Waals surface area contributed by atoms with E-state index in [4.69, 9.17) is 11.6 Å². The topological polar surface area (TPSA) is 54.9 Å². The van der Waals surface area contributed by atoms with Crippen molar-refractivity contribution in [1.82, 2.24) is 9.97 Å². The van der Waals surface area contributed by atoms with Crippen LogP contribution in [0.1, 0.15) is 21.7 Å². The Hall–Kier alpha value is -1.94. The third kappa shape index (κ3) is 2.84. The van der Waals surface area contributed by atoms with Crippen molar-refractivity contribution in [3.63, 3.8) is 0 Å². The lowest BCUT2D eigenvalue weighted by atomic mass is 10.2. The van der Waals surface area contributed by atoms with E-state index in [1.807, 2.05) is 19.1 Å². The van der Waals surface area contributed by atoms with Crippen molar-refractivity contribution in [3.05, 3.63) is 52.4 Å². The standard InChI is InChI=1S/C13H12ClN3O/c1-8-4-3-5-12(15-8)17-13(18)10-6-7-11(14)16-9(10)2/h3-7H,1-2H3,(H,15,17,18). The number of aryl methyl sites for hydroxylation is 2. The number of halogens is 1. The summed E-state index contributed by atoms with van der Waals surface area (Å²) in [4.78, 5) is 20.3. The molecule has 0 atom stereocenters. The molecular formula is C13H12ClN3O. The molecule has 0 aromatic carbocycles. The van der Waals surface area contributed by atoms with E-state index >= 15 is 0 Å². The molecule has 1 amide bonds. The fraction of sp³-hybridized carbons (Fsp3) is 0.154. The third-order valence-corrected chi connectivity index (χ3v) is 2.64. The van der Waals surface area contributed by atoms with Crippen LogP contribution in [0, 0.1) is 13.8 Å². The summed E-state index contributed by atoms with van der Waals surface area (Å²) in [7, 11) is 0. The van der Waals surface area contributed by atoms with Gasteiger partial charge in [-0.1, -0.05) is 17.7 Å². The maximum absolute atomic E-state index is 12.0. The fourth-order valence-electron chi connectivity index (χ4n) is 1.57. The SMILES string of the molecule is Cc1cccc(NC(=O)c2ccc(Cl)nc2C)n1. The average molecular weight is 262 g/mol. The summed E-state index contributed by atoms with van der Waals surface area (Å²) in [6, 6.07) is 8.68. The molecule has 0 bridgehead atoms. The van der Waals surface area contributed by atoms with Crippen molar-refractivity contribution < 1.29 is 4.79 Å². The molecule has 5 heteroatoms. The second kappa shape index (κ2) is 5.14. The molecule has 1 N–H and O–H groups in total. The number of aromatic nitrogens is 2. The van der Waals surface area contributed by atoms with Crippen LogP contribution >= 0.6 is 11.6 Å². The van der Waals surface area contributed by atoms with E-state index in [0.29, 0.717) is 22.2 Å². The zero-order chi connectivity index (χ0) is 13.1. The fourth-order valence-corrected chi connectivity index (χ4v) is 1.76. The van der Waals surface area contributed by atoms with Crippen LogP contribution in [0.2, 0.25) is 5.15 Å². The predicted molar refractivity (Wildman–Crippen MR) is 70.9 cm³/mol. The Bertz CT molecular complexity index is 599. The Morgan fingerprint density at radius 3 is 2.61 bits per heavy atom. The van der Waals surface area contributed by atoms with Crippen LogP contribution < -0.4 is 5.32 Å². The first kappa shape index (κ1) is 12.5. The van der Waals surface area contributed by atoms with E-state index in [0.717, 1.165) is 5.69 Å². The van der Waals surface area contributed by atoms with Crippen LogP contribution in [0.15, 0.2) is 30.3 Å². The molecule has 2 aromatic heterocycles. The predicted octanol–water partition coefficient (Wildman–Crippen LogP) is 3.00. The summed E-state index contributed by atoms with van der Waals surface area (Å²) in [5.41, 5.74) is 1.93. The van der Waals surface area contributed by atoms with Gasteiger partial charge in [0.1, 0.15) is 11.0 Å². The molecule has 0 saturated carbocycles. The van der Waals surface area contributed by atoms with E-state index in [1.54, 1.807) is 25.1 Å². The van der Waals surface area contributed by atoms with Crippen LogP contribution in [0.3, 0.4) is 0 Å². The van der Waals surface area contributed by atoms with Gasteiger partial charge in [-0.15, -0.1) is 0 Å². The van der Waals surface area contributed by atoms with E-state index < -0.39 is 0 Å². The van der Waals surface area contributed by atoms with Gasteiger partial charge in [-0.2, -0.15) is 0 Å². The van der Waals surface area contributed by atoms with Gasteiger partial charge in [0.2, 0.25) is 0 Å². The van der Waals surface area contributed by atoms with Gasteiger partial charge in [-0.25, -0.2) is 9.97 Å². The number of amides is 1. The van der Waals surface area contributed by atoms with Gasteiger partial charge in [0.15, 0.2) is 0 Å². The molecule has 0 radical (unpaired) electrons. The van der Waals surface area contributed by atoms with Crippen LogP contribution in [0.4, 0.5) is 5.82 Å². The van der Waals surface area contributed by atoms with Crippen molar-refractivity contribution >= 4 is 23.3 Å². The molecule has 2 rings (SSSR count). The molecule has 2 heterocycles. The highest BCUT2D eigenvalue weighted by Crippen LogP contribution is 2.13. The quantitative estimate of drug-likeness (QED) is 0.846. The van der Waals surface area contributed by atoms with Crippen molar-refractivity contribution in [3.8, 4) is 0 Å². The van der Waals surface area contributed by atoms with Gasteiger partial charge in [-0.3, -0.25) is 4.79 Å². The highest BCUT2D eigenvalue weighted by Gasteiger charge is 2.11. The van der Waals surface area contributed by atoms with E-state index in [9.17, 15) is 4.79 Å². The van der Waals surface area contributed by atoms with Gasteiger partial charge in [0.05, 0.1) is 11.3 Å². The normalized spacial score (nSPS) is 10.2. The molecule has 92 valence electrons. The number of anilines is 1. The first-order valence-electron chi connectivity index (χ1n) is 5.44. The van der Waals surface area contributed by atoms with Crippen molar-refractivity contribution in [2.24, 2.45) is 0 Å². The Labute approximate surface area is 110 Å². The molecule has 0 fully saturated rings. The summed E-state index contributed by atoms with van der Waals surface area (Å²) >= 11 is 5.75. The molecule has 0 aliphatic heterocycles. The van der Waals surface area contributed by atoms with Crippen molar-refractivity contribution in [2.45, 2.75) is 13.8 Å². The Morgan fingerprint density at radius 2 is 1.94 bits per heavy atom. The zero-order valence-corrected chi connectivity index (χ0v) is 10.8. The minimum Gasteiger partial charge on any atom is -0.306 e. The lowest BCUT2D eigenvalue weighted by Crippen LogP contribution is -2.15. The van der Waals surface area contributed by atoms with E-state index in [-0.39, 0.29) is 5.91 Å². The molecule has 2 aromatic rings. The highest BCUT2D eigenvalue weighted by atomic mass is 35.5. The van der Waals surface area contributed by atoms with Crippen molar-refractivity contribution in [2.75, 3.05) is 5.32 Å². The molecule has 0 unspecified atom stereocenters. The number of carbonyl (C=O) groups excluding carboxylic acids is 1. The van der Waals surface area contributed by atoms with Gasteiger partial charge in [-0.05, 0) is 38.1 Å². The summed E-state index contributed by atoms with van der Waals surface area (Å²) in [6.45, 7) is 3.61. The van der Waals surface area contributed by atoms with Crippen LogP contribution in [-0.2, 0) is 0 Å². The lowest BCUT2D eigenvalue weighted by Gasteiger charge is -2.07. The Balaban J connectivity index is 2.22. The molecule has 0 saturated heterocycles. The second-order valence-corrected chi connectivity index (χ2v) is 4.27. The van der Waals surface area contributed by atoms with Gasteiger partial charge < -0.3 is 5.32 Å². The summed E-state index contributed by atoms with van der Waals surface area (Å²) in [5.74, 6) is 0.282. The molecular weight excluding hydrogens is 250 g/mol. The van der Waals surface area contributed by atoms with Crippen LogP contribution in [-0.4, -0.2) is 15.9 Å². The minimum atomic E-state index is -0.241. The maximum atomic E-state index is 12.0. The summed E-state index contributed by atoms with van der Waals surface area (Å²) in [6.07, 6.45) is 0. The highest BCUT2D eigenvalue weighted by molar-refractivity contribution is 6.29. The molecule has 0 aliphatic carbocycles. The van der Waals surface area contributed by atoms with E-state index in [1.165, 1.54) is 0 Å². The Kier molecular flexibility index (Phi) is 3.58. The summed E-state index contributed by atoms with van der Waals surface area (Å²) in [5, 5.41) is 3.10. The summed E-state index contributed by atoms with van der Waals surface area (Å²) < 4.78 is 0. The first-order valence-corrected chi connectivity index (χ1v) is 5.82. The third-order valence-electron chi connectivity index (χ3n) is 2.43. The molecule has 0 aliphatic rings. The number of rotatable bonds is 2. The molecule has 4 nitrogen and oxygen atoms in total. The van der Waals surface area contributed by atoms with Crippen molar-refractivity contribution in [1.29, 1.82) is 0 Å². The number of pyridine rings is 2. The monoisotopic (exact) mass is 261 g/mol. The number of nitrogens with one attached hydrogen (secondary N) is 1. The number of nitrogens with zero attached hydrogens (tertiary/aromatic N) is 2. The number of hydrogen-bond acceptors (Lipinski definition) is 3. The molecule has 18 heavy (non-hydrogen) atoms. The Morgan fingerprint density at radius 1 is 1.17 bits per heavy atom. The minimum absolute atomic E-state index is 0.241. The average Bonchev–Trinajstić information content (AvgIpc) is 2.28. The smallest absolute Gasteiger partial charge is 0.258 e. The van der Waals surface area contributed by atoms with Gasteiger partial charge >= 0.3 is 0 Å². The first-order chi connectivity index (χ1) is 8.56. The second-order valence-electron chi connectivity index (χ2n) is 3.89. The van der Waals surface area contributed by atoms with Crippen LogP contribution in [0.5, 0.6) is 0 Å². The largest absolute Gasteiger partial charge is 0.306 e.